The summed E-state index contributed by atoms with van der Waals surface area (Å²) >= 11 is 0. The van der Waals surface area contributed by atoms with Crippen molar-refractivity contribution in [2.75, 3.05) is 51.4 Å². The van der Waals surface area contributed by atoms with Crippen LogP contribution in [0.15, 0.2) is 47.4 Å². The number of ether oxygens (including phenoxy) is 3. The number of hydrogen-bond acceptors (Lipinski definition) is 6. The van der Waals surface area contributed by atoms with Crippen LogP contribution in [0.25, 0.3) is 0 Å². The van der Waals surface area contributed by atoms with Crippen LogP contribution in [-0.4, -0.2) is 58.8 Å². The van der Waals surface area contributed by atoms with E-state index in [1.165, 1.54) is 16.4 Å². The SMILES string of the molecule is CCOc1ccc(S(=O)(=O)N2CCOCC2)cc1NCCOc1ccccc1F. The molecule has 0 aliphatic carbocycles. The fourth-order valence-electron chi connectivity index (χ4n) is 2.93. The standard InChI is InChI=1S/C20H25FN2O5S/c1-2-27-20-8-7-16(29(24,25)23-10-13-26-14-11-23)15-18(20)22-9-12-28-19-6-4-3-5-17(19)21/h3-8,15,22H,2,9-14H2,1H3. The fourth-order valence-corrected chi connectivity index (χ4v) is 4.37. The van der Waals surface area contributed by atoms with Gasteiger partial charge >= 0.3 is 0 Å². The van der Waals surface area contributed by atoms with Crippen molar-refractivity contribution < 1.29 is 27.0 Å². The Morgan fingerprint density at radius 2 is 1.86 bits per heavy atom. The number of benzene rings is 2. The van der Waals surface area contributed by atoms with E-state index < -0.39 is 15.8 Å². The molecule has 0 atom stereocenters. The van der Waals surface area contributed by atoms with Crippen LogP contribution >= 0.6 is 0 Å². The molecule has 2 aromatic rings. The van der Waals surface area contributed by atoms with Crippen molar-refractivity contribution in [3.05, 3.63) is 48.3 Å². The average molecular weight is 424 g/mol. The molecule has 0 saturated carbocycles. The number of nitrogens with one attached hydrogen (secondary N) is 1. The summed E-state index contributed by atoms with van der Waals surface area (Å²) in [7, 11) is -3.62. The highest BCUT2D eigenvalue weighted by Crippen LogP contribution is 2.29. The first-order valence-corrected chi connectivity index (χ1v) is 10.9. The number of hydrogen-bond donors (Lipinski definition) is 1. The summed E-state index contributed by atoms with van der Waals surface area (Å²) in [5.41, 5.74) is 0.540. The van der Waals surface area contributed by atoms with Gasteiger partial charge in [0.2, 0.25) is 10.0 Å². The highest BCUT2D eigenvalue weighted by Gasteiger charge is 2.27. The summed E-state index contributed by atoms with van der Waals surface area (Å²) in [6, 6.07) is 10.9. The van der Waals surface area contributed by atoms with E-state index in [1.54, 1.807) is 30.3 Å². The Bertz CT molecular complexity index is 917. The van der Waals surface area contributed by atoms with E-state index >= 15 is 0 Å². The molecule has 0 radical (unpaired) electrons. The zero-order valence-corrected chi connectivity index (χ0v) is 17.1. The molecule has 0 amide bonds. The lowest BCUT2D eigenvalue weighted by molar-refractivity contribution is 0.0730. The molecule has 9 heteroatoms. The van der Waals surface area contributed by atoms with Crippen molar-refractivity contribution >= 4 is 15.7 Å². The molecule has 2 aromatic carbocycles. The Hall–Kier alpha value is -2.36. The molecule has 1 fully saturated rings. The first-order chi connectivity index (χ1) is 14.0. The van der Waals surface area contributed by atoms with Gasteiger partial charge in [-0.05, 0) is 37.3 Å². The van der Waals surface area contributed by atoms with Gasteiger partial charge in [0.05, 0.1) is 30.4 Å². The number of rotatable bonds is 9. The van der Waals surface area contributed by atoms with E-state index in [4.69, 9.17) is 14.2 Å². The third-order valence-corrected chi connectivity index (χ3v) is 6.27. The molecule has 1 heterocycles. The predicted octanol–water partition coefficient (Wildman–Crippen LogP) is 2.74. The second-order valence-electron chi connectivity index (χ2n) is 6.31. The Labute approximate surface area is 170 Å². The van der Waals surface area contributed by atoms with Crippen molar-refractivity contribution in [2.24, 2.45) is 0 Å². The largest absolute Gasteiger partial charge is 0.492 e. The van der Waals surface area contributed by atoms with Crippen molar-refractivity contribution in [3.8, 4) is 11.5 Å². The van der Waals surface area contributed by atoms with Gasteiger partial charge in [0.15, 0.2) is 11.6 Å². The highest BCUT2D eigenvalue weighted by atomic mass is 32.2. The Morgan fingerprint density at radius 1 is 1.10 bits per heavy atom. The lowest BCUT2D eigenvalue weighted by Gasteiger charge is -2.26. The third-order valence-electron chi connectivity index (χ3n) is 4.37. The molecule has 1 aliphatic heterocycles. The van der Waals surface area contributed by atoms with Crippen LogP contribution in [0.4, 0.5) is 10.1 Å². The van der Waals surface area contributed by atoms with Gasteiger partial charge in [0.1, 0.15) is 12.4 Å². The number of nitrogens with zero attached hydrogens (tertiary/aromatic N) is 1. The smallest absolute Gasteiger partial charge is 0.243 e. The molecule has 0 bridgehead atoms. The molecule has 1 aliphatic rings. The molecule has 0 unspecified atom stereocenters. The fraction of sp³-hybridized carbons (Fsp3) is 0.400. The van der Waals surface area contributed by atoms with E-state index in [0.29, 0.717) is 50.9 Å². The maximum atomic E-state index is 13.6. The third kappa shape index (κ3) is 5.37. The second-order valence-corrected chi connectivity index (χ2v) is 8.25. The first-order valence-electron chi connectivity index (χ1n) is 9.48. The summed E-state index contributed by atoms with van der Waals surface area (Å²) in [6.45, 7) is 4.26. The average Bonchev–Trinajstić information content (AvgIpc) is 2.74. The Balaban J connectivity index is 1.70. The van der Waals surface area contributed by atoms with Gasteiger partial charge in [-0.1, -0.05) is 12.1 Å². The lowest BCUT2D eigenvalue weighted by atomic mass is 10.3. The van der Waals surface area contributed by atoms with Gasteiger partial charge in [-0.3, -0.25) is 0 Å². The van der Waals surface area contributed by atoms with Crippen LogP contribution in [0.3, 0.4) is 0 Å². The molecule has 3 rings (SSSR count). The molecule has 1 N–H and O–H groups in total. The highest BCUT2D eigenvalue weighted by molar-refractivity contribution is 7.89. The summed E-state index contributed by atoms with van der Waals surface area (Å²) < 4.78 is 57.1. The second kappa shape index (κ2) is 9.91. The summed E-state index contributed by atoms with van der Waals surface area (Å²) in [6.07, 6.45) is 0. The van der Waals surface area contributed by atoms with E-state index in [-0.39, 0.29) is 17.3 Å². The van der Waals surface area contributed by atoms with E-state index in [9.17, 15) is 12.8 Å². The Morgan fingerprint density at radius 3 is 2.59 bits per heavy atom. The molecule has 158 valence electrons. The maximum absolute atomic E-state index is 13.6. The van der Waals surface area contributed by atoms with Crippen LogP contribution in [0.2, 0.25) is 0 Å². The van der Waals surface area contributed by atoms with Crippen LogP contribution in [0.1, 0.15) is 6.92 Å². The minimum Gasteiger partial charge on any atom is -0.492 e. The van der Waals surface area contributed by atoms with Crippen molar-refractivity contribution in [3.63, 3.8) is 0 Å². The number of morpholine rings is 1. The minimum absolute atomic E-state index is 0.169. The molecule has 0 aromatic heterocycles. The first kappa shape index (κ1) is 21.4. The quantitative estimate of drug-likeness (QED) is 0.624. The summed E-state index contributed by atoms with van der Waals surface area (Å²) in [5, 5.41) is 3.12. The molecule has 7 nitrogen and oxygen atoms in total. The summed E-state index contributed by atoms with van der Waals surface area (Å²) in [5.74, 6) is 0.281. The normalized spacial score (nSPS) is 15.1. The van der Waals surface area contributed by atoms with Gasteiger partial charge in [0, 0.05) is 19.6 Å². The Kier molecular flexibility index (Phi) is 7.29. The predicted molar refractivity (Wildman–Crippen MR) is 108 cm³/mol. The molecule has 0 spiro atoms. The number of halogens is 1. The van der Waals surface area contributed by atoms with Crippen LogP contribution in [0.5, 0.6) is 11.5 Å². The molecule has 29 heavy (non-hydrogen) atoms. The monoisotopic (exact) mass is 424 g/mol. The number of para-hydroxylation sites is 1. The van der Waals surface area contributed by atoms with Crippen LogP contribution in [0, 0.1) is 5.82 Å². The summed E-state index contributed by atoms with van der Waals surface area (Å²) in [4.78, 5) is 0.181. The number of anilines is 1. The van der Waals surface area contributed by atoms with Gasteiger partial charge in [0.25, 0.3) is 0 Å². The maximum Gasteiger partial charge on any atom is 0.243 e. The molecular weight excluding hydrogens is 399 g/mol. The molecule has 1 saturated heterocycles. The van der Waals surface area contributed by atoms with Crippen LogP contribution < -0.4 is 14.8 Å². The van der Waals surface area contributed by atoms with Gasteiger partial charge < -0.3 is 19.5 Å². The van der Waals surface area contributed by atoms with Crippen molar-refractivity contribution in [1.29, 1.82) is 0 Å². The van der Waals surface area contributed by atoms with E-state index in [2.05, 4.69) is 5.32 Å². The number of sulfonamides is 1. The van der Waals surface area contributed by atoms with Gasteiger partial charge in [-0.15, -0.1) is 0 Å². The topological polar surface area (TPSA) is 77.1 Å². The van der Waals surface area contributed by atoms with Crippen LogP contribution in [-0.2, 0) is 14.8 Å². The van der Waals surface area contributed by atoms with Crippen molar-refractivity contribution in [2.45, 2.75) is 11.8 Å². The van der Waals surface area contributed by atoms with E-state index in [0.717, 1.165) is 0 Å². The zero-order chi connectivity index (χ0) is 20.7. The zero-order valence-electron chi connectivity index (χ0n) is 16.3. The minimum atomic E-state index is -3.62. The van der Waals surface area contributed by atoms with Crippen molar-refractivity contribution in [1.82, 2.24) is 4.31 Å². The van der Waals surface area contributed by atoms with E-state index in [1.807, 2.05) is 6.92 Å². The molecular formula is C20H25FN2O5S. The van der Waals surface area contributed by atoms with Gasteiger partial charge in [-0.2, -0.15) is 4.31 Å². The lowest BCUT2D eigenvalue weighted by Crippen LogP contribution is -2.40. The van der Waals surface area contributed by atoms with Gasteiger partial charge in [-0.25, -0.2) is 12.8 Å².